The van der Waals surface area contributed by atoms with E-state index in [0.29, 0.717) is 11.6 Å². The second-order valence-corrected chi connectivity index (χ2v) is 15.9. The molecule has 4 heteroatoms. The number of nitrogens with zero attached hydrogens (tertiary/aromatic N) is 4. The Bertz CT molecular complexity index is 3380. The molecule has 0 radical (unpaired) electrons. The molecule has 62 heavy (non-hydrogen) atoms. The maximum Gasteiger partial charge on any atom is 0.160 e. The van der Waals surface area contributed by atoms with Crippen LogP contribution in [0.1, 0.15) is 11.1 Å². The molecule has 0 aliphatic heterocycles. The van der Waals surface area contributed by atoms with Crippen LogP contribution in [0.2, 0.25) is 0 Å². The van der Waals surface area contributed by atoms with E-state index >= 15 is 0 Å². The van der Waals surface area contributed by atoms with Crippen molar-refractivity contribution < 1.29 is 0 Å². The standard InChI is InChI=1S/C58H40N4/c1-37-18-12-13-25-46(37)56-38(2)55(41-23-10-5-11-24-41)61-58(62-56)45-33-43(42-30-31-51-49-28-15-14-26-47(49)48-27-16-17-29-50(48)52(51)35-42)32-44(34-45)57-59-53(39-19-6-3-7-20-39)36-54(60-57)40-21-8-4-9-22-40/h3-36H,1-2H3. The lowest BCUT2D eigenvalue weighted by molar-refractivity contribution is 1.14. The predicted octanol–water partition coefficient (Wildman–Crippen LogP) is 15.0. The van der Waals surface area contributed by atoms with Gasteiger partial charge in [0.25, 0.3) is 0 Å². The number of hydrogen-bond donors (Lipinski definition) is 0. The quantitative estimate of drug-likeness (QED) is 0.151. The molecule has 4 nitrogen and oxygen atoms in total. The maximum atomic E-state index is 5.43. The summed E-state index contributed by atoms with van der Waals surface area (Å²) in [6.07, 6.45) is 0. The lowest BCUT2D eigenvalue weighted by atomic mass is 9.91. The monoisotopic (exact) mass is 792 g/mol. The molecule has 0 unspecified atom stereocenters. The van der Waals surface area contributed by atoms with E-state index in [0.717, 1.165) is 78.4 Å². The summed E-state index contributed by atoms with van der Waals surface area (Å²) in [7, 11) is 0. The van der Waals surface area contributed by atoms with Crippen LogP contribution in [-0.2, 0) is 0 Å². The van der Waals surface area contributed by atoms with E-state index in [1.54, 1.807) is 0 Å². The van der Waals surface area contributed by atoms with Gasteiger partial charge in [-0.1, -0.05) is 176 Å². The minimum Gasteiger partial charge on any atom is -0.228 e. The Morgan fingerprint density at radius 1 is 0.274 bits per heavy atom. The smallest absolute Gasteiger partial charge is 0.160 e. The minimum absolute atomic E-state index is 0.625. The minimum atomic E-state index is 0.625. The Labute approximate surface area is 360 Å². The highest BCUT2D eigenvalue weighted by atomic mass is 14.9. The van der Waals surface area contributed by atoms with Crippen molar-refractivity contribution in [3.63, 3.8) is 0 Å². The first-order valence-corrected chi connectivity index (χ1v) is 21.1. The zero-order valence-corrected chi connectivity index (χ0v) is 34.4. The molecular weight excluding hydrogens is 753 g/mol. The van der Waals surface area contributed by atoms with Gasteiger partial charge in [0, 0.05) is 38.9 Å². The van der Waals surface area contributed by atoms with E-state index in [2.05, 4.69) is 202 Å². The highest BCUT2D eigenvalue weighted by Crippen LogP contribution is 2.40. The number of rotatable bonds is 7. The summed E-state index contributed by atoms with van der Waals surface area (Å²) in [6, 6.07) is 72.6. The Morgan fingerprint density at radius 3 is 1.27 bits per heavy atom. The van der Waals surface area contributed by atoms with Gasteiger partial charge >= 0.3 is 0 Å². The lowest BCUT2D eigenvalue weighted by Crippen LogP contribution is -2.02. The fourth-order valence-electron chi connectivity index (χ4n) is 8.85. The van der Waals surface area contributed by atoms with Gasteiger partial charge < -0.3 is 0 Å². The average molecular weight is 793 g/mol. The maximum absolute atomic E-state index is 5.43. The van der Waals surface area contributed by atoms with Crippen LogP contribution in [0.5, 0.6) is 0 Å². The first-order chi connectivity index (χ1) is 30.6. The van der Waals surface area contributed by atoms with E-state index in [-0.39, 0.29) is 0 Å². The average Bonchev–Trinajstić information content (AvgIpc) is 3.35. The van der Waals surface area contributed by atoms with Crippen LogP contribution in [0, 0.1) is 13.8 Å². The Morgan fingerprint density at radius 2 is 0.710 bits per heavy atom. The molecular formula is C58H40N4. The molecule has 0 saturated heterocycles. The molecule has 0 N–H and O–H groups in total. The molecule has 0 amide bonds. The van der Waals surface area contributed by atoms with Crippen molar-refractivity contribution >= 4 is 32.3 Å². The molecule has 11 rings (SSSR count). The van der Waals surface area contributed by atoms with Crippen LogP contribution < -0.4 is 0 Å². The van der Waals surface area contributed by atoms with Gasteiger partial charge in [0.05, 0.1) is 22.8 Å². The van der Waals surface area contributed by atoms with Crippen molar-refractivity contribution in [3.05, 3.63) is 217 Å². The van der Waals surface area contributed by atoms with Crippen LogP contribution in [-0.4, -0.2) is 19.9 Å². The summed E-state index contributed by atoms with van der Waals surface area (Å²) in [6.45, 7) is 4.28. The van der Waals surface area contributed by atoms with E-state index < -0.39 is 0 Å². The lowest BCUT2D eigenvalue weighted by Gasteiger charge is -2.17. The van der Waals surface area contributed by atoms with E-state index in [4.69, 9.17) is 19.9 Å². The van der Waals surface area contributed by atoms with E-state index in [1.807, 2.05) is 18.2 Å². The SMILES string of the molecule is Cc1ccccc1-c1nc(-c2cc(-c3ccc4c5ccccc5c5ccccc5c4c3)cc(-c3nc(-c4ccccc4)cc(-c4ccccc4)n3)c2)nc(-c2ccccc2)c1C. The number of aryl methyl sites for hydroxylation is 1. The molecule has 0 atom stereocenters. The molecule has 0 aliphatic rings. The van der Waals surface area contributed by atoms with Gasteiger partial charge in [0.2, 0.25) is 0 Å². The third-order valence-electron chi connectivity index (χ3n) is 12.0. The van der Waals surface area contributed by atoms with Crippen molar-refractivity contribution in [2.75, 3.05) is 0 Å². The van der Waals surface area contributed by atoms with Gasteiger partial charge in [0.15, 0.2) is 11.6 Å². The molecule has 0 saturated carbocycles. The van der Waals surface area contributed by atoms with E-state index in [1.165, 1.54) is 32.3 Å². The second-order valence-electron chi connectivity index (χ2n) is 15.9. The van der Waals surface area contributed by atoms with Crippen LogP contribution in [0.4, 0.5) is 0 Å². The van der Waals surface area contributed by atoms with Gasteiger partial charge in [-0.3, -0.25) is 0 Å². The molecule has 0 bridgehead atoms. The first kappa shape index (κ1) is 37.0. The van der Waals surface area contributed by atoms with Crippen LogP contribution in [0.25, 0.3) is 111 Å². The zero-order chi connectivity index (χ0) is 41.6. The topological polar surface area (TPSA) is 51.6 Å². The van der Waals surface area contributed by atoms with Crippen molar-refractivity contribution in [1.29, 1.82) is 0 Å². The Balaban J connectivity index is 1.20. The van der Waals surface area contributed by atoms with Crippen molar-refractivity contribution in [1.82, 2.24) is 19.9 Å². The third kappa shape index (κ3) is 6.68. The third-order valence-corrected chi connectivity index (χ3v) is 12.0. The zero-order valence-electron chi connectivity index (χ0n) is 34.4. The van der Waals surface area contributed by atoms with Gasteiger partial charge in [0.1, 0.15) is 0 Å². The van der Waals surface area contributed by atoms with Crippen LogP contribution in [0.3, 0.4) is 0 Å². The summed E-state index contributed by atoms with van der Waals surface area (Å²) in [5, 5.41) is 7.40. The summed E-state index contributed by atoms with van der Waals surface area (Å²) in [5.74, 6) is 1.26. The van der Waals surface area contributed by atoms with E-state index in [9.17, 15) is 0 Å². The molecule has 0 fully saturated rings. The largest absolute Gasteiger partial charge is 0.228 e. The summed E-state index contributed by atoms with van der Waals surface area (Å²) in [4.78, 5) is 21.4. The summed E-state index contributed by atoms with van der Waals surface area (Å²) < 4.78 is 0. The molecule has 0 spiro atoms. The normalized spacial score (nSPS) is 11.4. The second kappa shape index (κ2) is 15.5. The van der Waals surface area contributed by atoms with Crippen molar-refractivity contribution in [3.8, 4) is 78.9 Å². The number of fused-ring (bicyclic) bond motifs is 6. The van der Waals surface area contributed by atoms with Gasteiger partial charge in [-0.25, -0.2) is 19.9 Å². The van der Waals surface area contributed by atoms with Crippen molar-refractivity contribution in [2.24, 2.45) is 0 Å². The highest BCUT2D eigenvalue weighted by Gasteiger charge is 2.20. The van der Waals surface area contributed by atoms with Crippen LogP contribution in [0.15, 0.2) is 206 Å². The number of aromatic nitrogens is 4. The fourth-order valence-corrected chi connectivity index (χ4v) is 8.85. The molecule has 0 aliphatic carbocycles. The molecule has 2 heterocycles. The number of hydrogen-bond acceptors (Lipinski definition) is 4. The Kier molecular flexibility index (Phi) is 9.24. The molecule has 2 aromatic heterocycles. The molecule has 292 valence electrons. The highest BCUT2D eigenvalue weighted by molar-refractivity contribution is 6.25. The molecule has 9 aromatic carbocycles. The summed E-state index contributed by atoms with van der Waals surface area (Å²) >= 11 is 0. The van der Waals surface area contributed by atoms with Gasteiger partial charge in [-0.05, 0) is 93.2 Å². The van der Waals surface area contributed by atoms with Crippen LogP contribution >= 0.6 is 0 Å². The first-order valence-electron chi connectivity index (χ1n) is 21.1. The number of benzene rings is 9. The predicted molar refractivity (Wildman–Crippen MR) is 258 cm³/mol. The van der Waals surface area contributed by atoms with Gasteiger partial charge in [-0.2, -0.15) is 0 Å². The fraction of sp³-hybridized carbons (Fsp3) is 0.0345. The van der Waals surface area contributed by atoms with Gasteiger partial charge in [-0.15, -0.1) is 0 Å². The summed E-state index contributed by atoms with van der Waals surface area (Å²) in [5.41, 5.74) is 13.7. The Hall–Kier alpha value is -8.08. The molecule has 11 aromatic rings. The van der Waals surface area contributed by atoms with Crippen molar-refractivity contribution in [2.45, 2.75) is 13.8 Å².